The van der Waals surface area contributed by atoms with Gasteiger partial charge in [-0.1, -0.05) is 18.2 Å². The van der Waals surface area contributed by atoms with Gasteiger partial charge in [0.25, 0.3) is 15.6 Å². The van der Waals surface area contributed by atoms with Crippen LogP contribution in [-0.2, 0) is 30.5 Å². The molecule has 0 spiro atoms. The topological polar surface area (TPSA) is 81.4 Å². The molecule has 3 rings (SSSR count). The van der Waals surface area contributed by atoms with Crippen LogP contribution in [0.3, 0.4) is 0 Å². The molecule has 24 heavy (non-hydrogen) atoms. The molecule has 0 N–H and O–H groups in total. The van der Waals surface area contributed by atoms with Crippen molar-refractivity contribution in [2.45, 2.75) is 30.7 Å². The first-order chi connectivity index (χ1) is 11.2. The van der Waals surface area contributed by atoms with E-state index in [1.165, 1.54) is 18.4 Å². The number of sulfonamides is 1. The summed E-state index contributed by atoms with van der Waals surface area (Å²) in [4.78, 5) is 23.8. The van der Waals surface area contributed by atoms with Gasteiger partial charge in [0, 0.05) is 26.3 Å². The summed E-state index contributed by atoms with van der Waals surface area (Å²) in [5.74, 6) is 0. The van der Waals surface area contributed by atoms with E-state index in [0.29, 0.717) is 12.1 Å². The molecule has 2 aromatic rings. The maximum Gasteiger partial charge on any atom is 0.330 e. The monoisotopic (exact) mass is 349 g/mol. The third-order valence-corrected chi connectivity index (χ3v) is 6.32. The Morgan fingerprint density at radius 1 is 1.12 bits per heavy atom. The number of rotatable bonds is 2. The Bertz CT molecular complexity index is 1020. The number of hydrogen-bond acceptors (Lipinski definition) is 4. The number of aromatic nitrogens is 2. The lowest BCUT2D eigenvalue weighted by molar-refractivity contribution is 0.555. The maximum absolute atomic E-state index is 13.2. The molecule has 0 radical (unpaired) electrons. The Morgan fingerprint density at radius 2 is 1.79 bits per heavy atom. The van der Waals surface area contributed by atoms with Gasteiger partial charge < -0.3 is 4.57 Å². The van der Waals surface area contributed by atoms with Crippen molar-refractivity contribution in [3.05, 3.63) is 56.9 Å². The predicted octanol–water partition coefficient (Wildman–Crippen LogP) is 0.614. The number of fused-ring (bicyclic) bond motifs is 1. The van der Waals surface area contributed by atoms with Gasteiger partial charge >= 0.3 is 5.69 Å². The molecule has 1 atom stereocenters. The molecule has 2 heterocycles. The van der Waals surface area contributed by atoms with Gasteiger partial charge in [-0.3, -0.25) is 13.7 Å². The lowest BCUT2D eigenvalue weighted by Gasteiger charge is -2.35. The zero-order valence-corrected chi connectivity index (χ0v) is 14.6. The Balaban J connectivity index is 2.27. The minimum absolute atomic E-state index is 0.271. The van der Waals surface area contributed by atoms with Crippen LogP contribution in [0, 0.1) is 0 Å². The van der Waals surface area contributed by atoms with E-state index < -0.39 is 26.2 Å². The maximum atomic E-state index is 13.2. The molecular weight excluding hydrogens is 330 g/mol. The van der Waals surface area contributed by atoms with E-state index in [-0.39, 0.29) is 6.04 Å². The van der Waals surface area contributed by atoms with Crippen LogP contribution in [0.1, 0.15) is 18.9 Å². The summed E-state index contributed by atoms with van der Waals surface area (Å²) in [5.41, 5.74) is 0.146. The average Bonchev–Trinajstić information content (AvgIpc) is 2.55. The van der Waals surface area contributed by atoms with Gasteiger partial charge in [-0.05, 0) is 31.4 Å². The smallest absolute Gasteiger partial charge is 0.302 e. The van der Waals surface area contributed by atoms with E-state index in [1.807, 2.05) is 19.1 Å². The molecular formula is C16H19N3O4S. The van der Waals surface area contributed by atoms with Crippen molar-refractivity contribution in [3.63, 3.8) is 0 Å². The van der Waals surface area contributed by atoms with E-state index >= 15 is 0 Å². The molecule has 0 bridgehead atoms. The van der Waals surface area contributed by atoms with Crippen LogP contribution in [0.15, 0.2) is 44.9 Å². The molecule has 0 unspecified atom stereocenters. The van der Waals surface area contributed by atoms with Crippen LogP contribution >= 0.6 is 0 Å². The van der Waals surface area contributed by atoms with E-state index in [2.05, 4.69) is 0 Å². The minimum atomic E-state index is -4.08. The molecule has 0 fully saturated rings. The Labute approximate surface area is 139 Å². The first-order valence-electron chi connectivity index (χ1n) is 7.64. The molecule has 0 amide bonds. The summed E-state index contributed by atoms with van der Waals surface area (Å²) in [6, 6.07) is 7.01. The molecule has 0 saturated heterocycles. The van der Waals surface area contributed by atoms with Crippen molar-refractivity contribution in [3.8, 4) is 0 Å². The third kappa shape index (κ3) is 2.37. The highest BCUT2D eigenvalue weighted by molar-refractivity contribution is 7.92. The molecule has 7 nitrogen and oxygen atoms in total. The van der Waals surface area contributed by atoms with Gasteiger partial charge in [0.15, 0.2) is 4.90 Å². The lowest BCUT2D eigenvalue weighted by atomic mass is 9.99. The summed E-state index contributed by atoms with van der Waals surface area (Å²) >= 11 is 0. The van der Waals surface area contributed by atoms with E-state index in [0.717, 1.165) is 27.3 Å². The number of benzene rings is 1. The van der Waals surface area contributed by atoms with Crippen molar-refractivity contribution in [2.75, 3.05) is 4.31 Å². The number of anilines is 1. The summed E-state index contributed by atoms with van der Waals surface area (Å²) < 4.78 is 29.6. The second-order valence-corrected chi connectivity index (χ2v) is 7.85. The Kier molecular flexibility index (Phi) is 3.87. The van der Waals surface area contributed by atoms with Crippen molar-refractivity contribution in [1.29, 1.82) is 0 Å². The van der Waals surface area contributed by atoms with Gasteiger partial charge in [-0.15, -0.1) is 0 Å². The number of aryl methyl sites for hydroxylation is 2. The normalized spacial score (nSPS) is 17.6. The summed E-state index contributed by atoms with van der Waals surface area (Å²) in [6.07, 6.45) is 2.56. The van der Waals surface area contributed by atoms with E-state index in [1.54, 1.807) is 12.1 Å². The third-order valence-electron chi connectivity index (χ3n) is 4.41. The number of nitrogens with zero attached hydrogens (tertiary/aromatic N) is 3. The number of para-hydroxylation sites is 1. The number of hydrogen-bond donors (Lipinski definition) is 0. The highest BCUT2D eigenvalue weighted by Crippen LogP contribution is 2.34. The quantitative estimate of drug-likeness (QED) is 0.796. The van der Waals surface area contributed by atoms with Crippen molar-refractivity contribution < 1.29 is 8.42 Å². The average molecular weight is 349 g/mol. The zero-order chi connectivity index (χ0) is 17.6. The van der Waals surface area contributed by atoms with Crippen LogP contribution in [0.5, 0.6) is 0 Å². The first kappa shape index (κ1) is 16.5. The molecule has 0 aliphatic carbocycles. The molecule has 1 aromatic carbocycles. The van der Waals surface area contributed by atoms with Crippen molar-refractivity contribution in [1.82, 2.24) is 9.13 Å². The molecule has 1 aliphatic heterocycles. The Morgan fingerprint density at radius 3 is 2.50 bits per heavy atom. The predicted molar refractivity (Wildman–Crippen MR) is 90.8 cm³/mol. The molecule has 128 valence electrons. The fourth-order valence-corrected chi connectivity index (χ4v) is 4.96. The van der Waals surface area contributed by atoms with Gasteiger partial charge in [-0.25, -0.2) is 13.2 Å². The summed E-state index contributed by atoms with van der Waals surface area (Å²) in [7, 11) is -1.38. The molecule has 1 aliphatic rings. The highest BCUT2D eigenvalue weighted by Gasteiger charge is 2.36. The zero-order valence-electron chi connectivity index (χ0n) is 13.8. The van der Waals surface area contributed by atoms with E-state index in [4.69, 9.17) is 0 Å². The van der Waals surface area contributed by atoms with Crippen LogP contribution in [0.2, 0.25) is 0 Å². The Hall–Kier alpha value is -2.35. The first-order valence-corrected chi connectivity index (χ1v) is 9.08. The van der Waals surface area contributed by atoms with Crippen molar-refractivity contribution >= 4 is 15.7 Å². The summed E-state index contributed by atoms with van der Waals surface area (Å²) in [6.45, 7) is 1.82. The fourth-order valence-electron chi connectivity index (χ4n) is 3.08. The van der Waals surface area contributed by atoms with Crippen LogP contribution in [-0.4, -0.2) is 23.6 Å². The van der Waals surface area contributed by atoms with E-state index in [9.17, 15) is 18.0 Å². The second-order valence-electron chi connectivity index (χ2n) is 6.07. The largest absolute Gasteiger partial charge is 0.330 e. The summed E-state index contributed by atoms with van der Waals surface area (Å²) in [5, 5.41) is 0. The second kappa shape index (κ2) is 5.62. The van der Waals surface area contributed by atoms with Crippen LogP contribution < -0.4 is 15.6 Å². The van der Waals surface area contributed by atoms with Gasteiger partial charge in [0.05, 0.1) is 5.69 Å². The van der Waals surface area contributed by atoms with Crippen molar-refractivity contribution in [2.24, 2.45) is 14.1 Å². The van der Waals surface area contributed by atoms with Gasteiger partial charge in [0.1, 0.15) is 0 Å². The van der Waals surface area contributed by atoms with Crippen LogP contribution in [0.4, 0.5) is 5.69 Å². The molecule has 8 heteroatoms. The SMILES string of the molecule is C[C@@H]1CCc2ccccc2N1S(=O)(=O)c1cn(C)c(=O)n(C)c1=O. The fraction of sp³-hybridized carbons (Fsp3) is 0.375. The molecule has 0 saturated carbocycles. The highest BCUT2D eigenvalue weighted by atomic mass is 32.2. The molecule has 1 aromatic heterocycles. The van der Waals surface area contributed by atoms with Gasteiger partial charge in [0.2, 0.25) is 0 Å². The van der Waals surface area contributed by atoms with Crippen LogP contribution in [0.25, 0.3) is 0 Å². The van der Waals surface area contributed by atoms with Gasteiger partial charge in [-0.2, -0.15) is 0 Å². The standard InChI is InChI=1S/C16H19N3O4S/c1-11-8-9-12-6-4-5-7-13(12)19(11)24(22,23)14-10-17(2)16(21)18(3)15(14)20/h4-7,10-11H,8-9H2,1-3H3/t11-/m1/s1. The minimum Gasteiger partial charge on any atom is -0.302 e. The lowest BCUT2D eigenvalue weighted by Crippen LogP contribution is -2.46.